The Hall–Kier alpha value is -2.37. The molecule has 0 spiro atoms. The number of aliphatic imine (C=N–C) groups is 1. The van der Waals surface area contributed by atoms with Gasteiger partial charge in [-0.1, -0.05) is 20.8 Å². The molecule has 2 aromatic rings. The van der Waals surface area contributed by atoms with Crippen LogP contribution in [0, 0.1) is 5.41 Å². The minimum atomic E-state index is 0.354. The van der Waals surface area contributed by atoms with Gasteiger partial charge in [-0.2, -0.15) is 5.10 Å². The summed E-state index contributed by atoms with van der Waals surface area (Å²) >= 11 is 0. The van der Waals surface area contributed by atoms with E-state index in [-0.39, 0.29) is 0 Å². The topological polar surface area (TPSA) is 67.1 Å². The number of pyridine rings is 1. The molecule has 0 aliphatic heterocycles. The van der Waals surface area contributed by atoms with Gasteiger partial charge in [0.1, 0.15) is 0 Å². The Morgan fingerprint density at radius 1 is 1.32 bits per heavy atom. The van der Waals surface area contributed by atoms with Gasteiger partial charge in [0, 0.05) is 38.2 Å². The molecule has 6 nitrogen and oxygen atoms in total. The predicted octanol–water partition coefficient (Wildman–Crippen LogP) is 3.15. The molecule has 25 heavy (non-hydrogen) atoms. The van der Waals surface area contributed by atoms with E-state index < -0.39 is 0 Å². The minimum Gasteiger partial charge on any atom is -0.354 e. The van der Waals surface area contributed by atoms with Crippen molar-refractivity contribution in [3.8, 4) is 5.82 Å². The highest BCUT2D eigenvalue weighted by Gasteiger charge is 2.13. The average Bonchev–Trinajstić information content (AvgIpc) is 3.11. The highest BCUT2D eigenvalue weighted by molar-refractivity contribution is 5.79. The van der Waals surface area contributed by atoms with Crippen LogP contribution in [0.1, 0.15) is 46.1 Å². The van der Waals surface area contributed by atoms with Gasteiger partial charge in [-0.15, -0.1) is 0 Å². The molecular weight excluding hydrogens is 312 g/mol. The summed E-state index contributed by atoms with van der Waals surface area (Å²) in [5.41, 5.74) is 1.48. The summed E-state index contributed by atoms with van der Waals surface area (Å²) in [4.78, 5) is 8.67. The molecule has 6 heteroatoms. The summed E-state index contributed by atoms with van der Waals surface area (Å²) in [6, 6.07) is 6.28. The van der Waals surface area contributed by atoms with Gasteiger partial charge >= 0.3 is 0 Å². The van der Waals surface area contributed by atoms with Crippen molar-refractivity contribution in [2.24, 2.45) is 10.4 Å². The third-order valence-corrected chi connectivity index (χ3v) is 3.94. The van der Waals surface area contributed by atoms with E-state index in [9.17, 15) is 0 Å². The van der Waals surface area contributed by atoms with Crippen molar-refractivity contribution in [1.82, 2.24) is 25.4 Å². The van der Waals surface area contributed by atoms with Crippen LogP contribution in [0.3, 0.4) is 0 Å². The second kappa shape index (κ2) is 8.65. The van der Waals surface area contributed by atoms with Gasteiger partial charge in [-0.05, 0) is 48.9 Å². The summed E-state index contributed by atoms with van der Waals surface area (Å²) in [6.07, 6.45) is 7.73. The molecular formula is C19H30N6. The Labute approximate surface area is 150 Å². The van der Waals surface area contributed by atoms with Gasteiger partial charge in [-0.3, -0.25) is 4.99 Å². The van der Waals surface area contributed by atoms with Crippen LogP contribution in [0.2, 0.25) is 0 Å². The van der Waals surface area contributed by atoms with E-state index in [1.54, 1.807) is 24.1 Å². The van der Waals surface area contributed by atoms with Crippen molar-refractivity contribution < 1.29 is 0 Å². The molecule has 0 amide bonds. The fourth-order valence-electron chi connectivity index (χ4n) is 2.44. The summed E-state index contributed by atoms with van der Waals surface area (Å²) in [6.45, 7) is 9.69. The van der Waals surface area contributed by atoms with Crippen LogP contribution in [-0.2, 0) is 6.54 Å². The molecule has 0 saturated heterocycles. The Morgan fingerprint density at radius 2 is 2.12 bits per heavy atom. The number of nitrogens with zero attached hydrogens (tertiary/aromatic N) is 4. The number of hydrogen-bond donors (Lipinski definition) is 2. The number of rotatable bonds is 6. The van der Waals surface area contributed by atoms with E-state index in [2.05, 4.69) is 53.4 Å². The van der Waals surface area contributed by atoms with Gasteiger partial charge < -0.3 is 10.6 Å². The SMILES string of the molecule is CN=C(NCc1ccnc(-n2cccn2)c1)NC(C)CCC(C)(C)C. The molecule has 1 unspecified atom stereocenters. The van der Waals surface area contributed by atoms with Gasteiger partial charge in [0.15, 0.2) is 11.8 Å². The number of hydrogen-bond acceptors (Lipinski definition) is 3. The first kappa shape index (κ1) is 19.0. The highest BCUT2D eigenvalue weighted by Crippen LogP contribution is 2.21. The molecule has 0 saturated carbocycles. The fraction of sp³-hybridized carbons (Fsp3) is 0.526. The van der Waals surface area contributed by atoms with Crippen molar-refractivity contribution in [1.29, 1.82) is 0 Å². The molecule has 2 aromatic heterocycles. The molecule has 136 valence electrons. The number of aromatic nitrogens is 3. The van der Waals surface area contributed by atoms with Crippen LogP contribution in [-0.4, -0.2) is 33.8 Å². The van der Waals surface area contributed by atoms with Gasteiger partial charge in [-0.25, -0.2) is 9.67 Å². The van der Waals surface area contributed by atoms with Crippen molar-refractivity contribution in [3.05, 3.63) is 42.4 Å². The molecule has 0 fully saturated rings. The molecule has 2 heterocycles. The van der Waals surface area contributed by atoms with Crippen molar-refractivity contribution in [3.63, 3.8) is 0 Å². The minimum absolute atomic E-state index is 0.354. The molecule has 0 aromatic carbocycles. The van der Waals surface area contributed by atoms with E-state index in [4.69, 9.17) is 0 Å². The van der Waals surface area contributed by atoms with Crippen LogP contribution in [0.15, 0.2) is 41.8 Å². The predicted molar refractivity (Wildman–Crippen MR) is 103 cm³/mol. The Morgan fingerprint density at radius 3 is 2.76 bits per heavy atom. The lowest BCUT2D eigenvalue weighted by atomic mass is 9.89. The lowest BCUT2D eigenvalue weighted by Crippen LogP contribution is -2.42. The second-order valence-electron chi connectivity index (χ2n) is 7.54. The number of nitrogens with one attached hydrogen (secondary N) is 2. The molecule has 0 bridgehead atoms. The maximum absolute atomic E-state index is 4.35. The third kappa shape index (κ3) is 6.57. The zero-order valence-corrected chi connectivity index (χ0v) is 16.0. The van der Waals surface area contributed by atoms with Crippen LogP contribution >= 0.6 is 0 Å². The van der Waals surface area contributed by atoms with Gasteiger partial charge in [0.25, 0.3) is 0 Å². The standard InChI is InChI=1S/C19H30N6/c1-15(7-9-19(2,3)4)24-18(20-5)22-14-16-8-11-21-17(13-16)25-12-6-10-23-25/h6,8,10-13,15H,7,9,14H2,1-5H3,(H2,20,22,24). The molecule has 0 aliphatic rings. The zero-order chi connectivity index (χ0) is 18.3. The highest BCUT2D eigenvalue weighted by atomic mass is 15.3. The molecule has 2 rings (SSSR count). The van der Waals surface area contributed by atoms with E-state index in [0.717, 1.165) is 23.8 Å². The average molecular weight is 342 g/mol. The van der Waals surface area contributed by atoms with Crippen LogP contribution in [0.25, 0.3) is 5.82 Å². The Bertz CT molecular complexity index is 669. The molecule has 2 N–H and O–H groups in total. The van der Waals surface area contributed by atoms with E-state index in [1.165, 1.54) is 6.42 Å². The van der Waals surface area contributed by atoms with Crippen LogP contribution in [0.5, 0.6) is 0 Å². The zero-order valence-electron chi connectivity index (χ0n) is 16.0. The second-order valence-corrected chi connectivity index (χ2v) is 7.54. The molecule has 0 aliphatic carbocycles. The van der Waals surface area contributed by atoms with Gasteiger partial charge in [0.2, 0.25) is 0 Å². The third-order valence-electron chi connectivity index (χ3n) is 3.94. The summed E-state index contributed by atoms with van der Waals surface area (Å²) in [7, 11) is 1.80. The maximum Gasteiger partial charge on any atom is 0.191 e. The largest absolute Gasteiger partial charge is 0.354 e. The van der Waals surface area contributed by atoms with Crippen LogP contribution in [0.4, 0.5) is 0 Å². The lowest BCUT2D eigenvalue weighted by molar-refractivity contribution is 0.346. The Balaban J connectivity index is 1.87. The first-order chi connectivity index (χ1) is 11.9. The smallest absolute Gasteiger partial charge is 0.191 e. The normalized spacial score (nSPS) is 13.6. The van der Waals surface area contributed by atoms with E-state index in [1.807, 2.05) is 24.4 Å². The first-order valence-corrected chi connectivity index (χ1v) is 8.79. The maximum atomic E-state index is 4.35. The van der Waals surface area contributed by atoms with Crippen LogP contribution < -0.4 is 10.6 Å². The quantitative estimate of drug-likeness (QED) is 0.625. The van der Waals surface area contributed by atoms with E-state index >= 15 is 0 Å². The van der Waals surface area contributed by atoms with Crippen molar-refractivity contribution >= 4 is 5.96 Å². The molecule has 0 radical (unpaired) electrons. The lowest BCUT2D eigenvalue weighted by Gasteiger charge is -2.23. The van der Waals surface area contributed by atoms with E-state index in [0.29, 0.717) is 18.0 Å². The monoisotopic (exact) mass is 342 g/mol. The first-order valence-electron chi connectivity index (χ1n) is 8.79. The van der Waals surface area contributed by atoms with Gasteiger partial charge in [0.05, 0.1) is 0 Å². The Kier molecular flexibility index (Phi) is 6.56. The summed E-state index contributed by atoms with van der Waals surface area (Å²) in [5, 5.41) is 11.0. The number of guanidine groups is 1. The van der Waals surface area contributed by atoms with Crippen molar-refractivity contribution in [2.75, 3.05) is 7.05 Å². The van der Waals surface area contributed by atoms with Crippen molar-refractivity contribution in [2.45, 2.75) is 53.1 Å². The summed E-state index contributed by atoms with van der Waals surface area (Å²) < 4.78 is 1.76. The fourth-order valence-corrected chi connectivity index (χ4v) is 2.44. The molecule has 1 atom stereocenters. The summed E-state index contributed by atoms with van der Waals surface area (Å²) in [5.74, 6) is 1.63.